The number of anilines is 1. The van der Waals surface area contributed by atoms with E-state index in [-0.39, 0.29) is 23.7 Å². The second kappa shape index (κ2) is 8.40. The van der Waals surface area contributed by atoms with Crippen LogP contribution >= 0.6 is 19.4 Å². The van der Waals surface area contributed by atoms with Crippen molar-refractivity contribution in [3.63, 3.8) is 0 Å². The molecule has 13 nitrogen and oxygen atoms in total. The molecule has 2 aliphatic heterocycles. The van der Waals surface area contributed by atoms with Crippen molar-refractivity contribution in [3.05, 3.63) is 51.5 Å². The van der Waals surface area contributed by atoms with Crippen LogP contribution in [-0.2, 0) is 22.9 Å². The molecule has 15 heteroatoms. The summed E-state index contributed by atoms with van der Waals surface area (Å²) in [6.45, 7) is 1.33. The van der Waals surface area contributed by atoms with Crippen molar-refractivity contribution in [2.75, 3.05) is 12.3 Å². The van der Waals surface area contributed by atoms with Crippen LogP contribution in [0.1, 0.15) is 31.2 Å². The van der Waals surface area contributed by atoms with Gasteiger partial charge in [-0.05, 0) is 24.6 Å². The molecular weight excluding hydrogens is 493 g/mol. The molecule has 6 atom stereocenters. The van der Waals surface area contributed by atoms with Gasteiger partial charge in [-0.3, -0.25) is 27.9 Å². The Morgan fingerprint density at radius 3 is 3.00 bits per heavy atom. The van der Waals surface area contributed by atoms with Gasteiger partial charge in [-0.2, -0.15) is 4.98 Å². The Kier molecular flexibility index (Phi) is 5.78. The first-order chi connectivity index (χ1) is 16.1. The number of halogens is 1. The fraction of sp³-hybridized carbons (Fsp3) is 0.421. The van der Waals surface area contributed by atoms with Crippen molar-refractivity contribution in [1.29, 1.82) is 0 Å². The number of hydrogen-bond donors (Lipinski definition) is 4. The van der Waals surface area contributed by atoms with Crippen LogP contribution in [0.3, 0.4) is 0 Å². The molecule has 34 heavy (non-hydrogen) atoms. The monoisotopic (exact) mass is 513 g/mol. The van der Waals surface area contributed by atoms with E-state index in [9.17, 15) is 19.6 Å². The summed E-state index contributed by atoms with van der Waals surface area (Å²) in [6.07, 6.45) is -3.66. The Morgan fingerprint density at radius 2 is 2.24 bits per heavy atom. The van der Waals surface area contributed by atoms with Crippen molar-refractivity contribution in [1.82, 2.24) is 19.5 Å². The molecule has 5 rings (SSSR count). The van der Waals surface area contributed by atoms with Crippen LogP contribution in [-0.4, -0.2) is 54.3 Å². The van der Waals surface area contributed by atoms with Crippen LogP contribution in [0, 0.1) is 0 Å². The van der Waals surface area contributed by atoms with Gasteiger partial charge in [0.15, 0.2) is 17.4 Å². The zero-order valence-electron chi connectivity index (χ0n) is 17.7. The number of nitrogens with one attached hydrogen (secondary N) is 1. The molecule has 0 bridgehead atoms. The van der Waals surface area contributed by atoms with Crippen molar-refractivity contribution >= 4 is 36.5 Å². The number of nitrogen functional groups attached to an aromatic ring is 1. The number of rotatable bonds is 4. The summed E-state index contributed by atoms with van der Waals surface area (Å²) in [5.74, 6) is -0.175. The number of fused-ring (bicyclic) bond motifs is 1. The minimum Gasteiger partial charge on any atom is -0.385 e. The molecule has 2 aromatic heterocycles. The van der Waals surface area contributed by atoms with Crippen molar-refractivity contribution in [2.24, 2.45) is 0 Å². The van der Waals surface area contributed by atoms with Gasteiger partial charge in [0.05, 0.1) is 19.0 Å². The quantitative estimate of drug-likeness (QED) is 0.371. The third-order valence-electron chi connectivity index (χ3n) is 5.66. The zero-order chi connectivity index (χ0) is 24.3. The van der Waals surface area contributed by atoms with Gasteiger partial charge in [0, 0.05) is 11.4 Å². The first-order valence-electron chi connectivity index (χ1n) is 10.2. The van der Waals surface area contributed by atoms with Crippen LogP contribution in [0.4, 0.5) is 5.95 Å². The Morgan fingerprint density at radius 1 is 1.44 bits per heavy atom. The standard InChI is InChI=1S/C19H21ClN5O8P/c1-19(28)13(26)16(31-17(19)25-8-22-12-14(25)23-18(21)24-15(12)27)33-34(29)30-6-5-11(32-34)9-3-2-4-10(20)7-9/h2-4,7-8,11,13,16-17,26,28H,5-6H2,1H3,(H3,21,23,24,27)/t11-,13-,16?,17-,19-,34?/m1/s1. The summed E-state index contributed by atoms with van der Waals surface area (Å²) in [6, 6.07) is 6.86. The summed E-state index contributed by atoms with van der Waals surface area (Å²) in [5, 5.41) is 22.2. The zero-order valence-corrected chi connectivity index (χ0v) is 19.3. The molecule has 0 amide bonds. The highest BCUT2D eigenvalue weighted by atomic mass is 35.5. The Bertz CT molecular complexity index is 1350. The SMILES string of the molecule is C[C@@]1(O)[C@H](O)C(OP2(=O)OCC[C@H](c3cccc(Cl)c3)O2)O[C@H]1n1cnc2c(=O)[nH]c(N)nc21. The van der Waals surface area contributed by atoms with Gasteiger partial charge in [-0.1, -0.05) is 23.7 Å². The first-order valence-corrected chi connectivity index (χ1v) is 12.1. The smallest absolute Gasteiger partial charge is 0.385 e. The molecule has 182 valence electrons. The third kappa shape index (κ3) is 4.04. The summed E-state index contributed by atoms with van der Waals surface area (Å²) >= 11 is 6.04. The van der Waals surface area contributed by atoms with Gasteiger partial charge in [0.2, 0.25) is 12.2 Å². The van der Waals surface area contributed by atoms with Crippen LogP contribution in [0.5, 0.6) is 0 Å². The average molecular weight is 514 g/mol. The number of aliphatic hydroxyl groups excluding tert-OH is 1. The fourth-order valence-electron chi connectivity index (χ4n) is 3.93. The molecule has 2 aliphatic rings. The van der Waals surface area contributed by atoms with Gasteiger partial charge in [0.1, 0.15) is 11.7 Å². The van der Waals surface area contributed by atoms with Gasteiger partial charge >= 0.3 is 7.82 Å². The van der Waals surface area contributed by atoms with Gasteiger partial charge in [-0.25, -0.2) is 9.55 Å². The molecule has 0 saturated carbocycles. The Hall–Kier alpha value is -2.35. The minimum absolute atomic E-state index is 0.0113. The highest BCUT2D eigenvalue weighted by Gasteiger charge is 2.57. The normalized spacial score (nSPS) is 34.0. The van der Waals surface area contributed by atoms with Crippen LogP contribution < -0.4 is 11.3 Å². The van der Waals surface area contributed by atoms with E-state index in [1.54, 1.807) is 24.3 Å². The van der Waals surface area contributed by atoms with E-state index in [2.05, 4.69) is 15.0 Å². The van der Waals surface area contributed by atoms with E-state index in [0.717, 1.165) is 0 Å². The Labute approximate surface area is 197 Å². The summed E-state index contributed by atoms with van der Waals surface area (Å²) < 4.78 is 36.5. The highest BCUT2D eigenvalue weighted by molar-refractivity contribution is 7.48. The predicted octanol–water partition coefficient (Wildman–Crippen LogP) is 1.62. The largest absolute Gasteiger partial charge is 0.477 e. The maximum absolute atomic E-state index is 13.2. The predicted molar refractivity (Wildman–Crippen MR) is 118 cm³/mol. The molecule has 5 N–H and O–H groups in total. The summed E-state index contributed by atoms with van der Waals surface area (Å²) in [5.41, 5.74) is 3.69. The number of nitrogens with two attached hydrogens (primary N) is 1. The maximum atomic E-state index is 13.2. The number of hydrogen-bond acceptors (Lipinski definition) is 11. The number of H-pyrrole nitrogens is 1. The van der Waals surface area contributed by atoms with E-state index in [1.165, 1.54) is 17.8 Å². The van der Waals surface area contributed by atoms with Gasteiger partial charge in [-0.15, -0.1) is 0 Å². The molecule has 4 heterocycles. The molecule has 0 spiro atoms. The number of aliphatic hydroxyl groups is 2. The molecular formula is C19H21ClN5O8P. The summed E-state index contributed by atoms with van der Waals surface area (Å²) in [7, 11) is -4.21. The van der Waals surface area contributed by atoms with E-state index in [4.69, 9.17) is 35.6 Å². The van der Waals surface area contributed by atoms with E-state index < -0.39 is 43.7 Å². The molecule has 1 aromatic carbocycles. The maximum Gasteiger partial charge on any atom is 0.477 e. The molecule has 2 fully saturated rings. The molecule has 2 saturated heterocycles. The molecule has 0 radical (unpaired) electrons. The van der Waals surface area contributed by atoms with Crippen molar-refractivity contribution in [3.8, 4) is 0 Å². The lowest BCUT2D eigenvalue weighted by atomic mass is 9.99. The second-order valence-electron chi connectivity index (χ2n) is 8.13. The topological polar surface area (TPSA) is 184 Å². The number of benzene rings is 1. The van der Waals surface area contributed by atoms with E-state index in [0.29, 0.717) is 17.0 Å². The number of aromatic nitrogens is 4. The lowest BCUT2D eigenvalue weighted by Gasteiger charge is -2.31. The first kappa shape index (κ1) is 23.4. The van der Waals surface area contributed by atoms with Gasteiger partial charge in [0.25, 0.3) is 5.56 Å². The number of phosphoric acid groups is 1. The third-order valence-corrected chi connectivity index (χ3v) is 7.37. The minimum atomic E-state index is -4.21. The summed E-state index contributed by atoms with van der Waals surface area (Å²) in [4.78, 5) is 22.4. The van der Waals surface area contributed by atoms with Crippen molar-refractivity contribution < 1.29 is 33.1 Å². The second-order valence-corrected chi connectivity index (χ2v) is 10.1. The Balaban J connectivity index is 1.40. The van der Waals surface area contributed by atoms with Crippen LogP contribution in [0.15, 0.2) is 35.4 Å². The van der Waals surface area contributed by atoms with E-state index in [1.807, 2.05) is 0 Å². The van der Waals surface area contributed by atoms with Crippen molar-refractivity contribution in [2.45, 2.75) is 43.7 Å². The van der Waals surface area contributed by atoms with Crippen LogP contribution in [0.2, 0.25) is 5.02 Å². The highest BCUT2D eigenvalue weighted by Crippen LogP contribution is 2.59. The number of aromatic amines is 1. The molecule has 2 unspecified atom stereocenters. The molecule has 0 aliphatic carbocycles. The molecule has 3 aromatic rings. The fourth-order valence-corrected chi connectivity index (χ4v) is 5.59. The number of nitrogens with zero attached hydrogens (tertiary/aromatic N) is 3. The average Bonchev–Trinajstić information content (AvgIpc) is 3.27. The number of phosphoric ester groups is 1. The lowest BCUT2D eigenvalue weighted by molar-refractivity contribution is -0.145. The number of imidazole rings is 1. The van der Waals surface area contributed by atoms with Crippen LogP contribution in [0.25, 0.3) is 11.2 Å². The number of ether oxygens (including phenoxy) is 1. The lowest BCUT2D eigenvalue weighted by Crippen LogP contribution is -2.44. The van der Waals surface area contributed by atoms with E-state index >= 15 is 0 Å². The van der Waals surface area contributed by atoms with Gasteiger partial charge < -0.3 is 20.7 Å².